The van der Waals surface area contributed by atoms with Gasteiger partial charge in [-0.15, -0.1) is 5.10 Å². The summed E-state index contributed by atoms with van der Waals surface area (Å²) in [6.07, 6.45) is 4.94. The zero-order valence-electron chi connectivity index (χ0n) is 22.2. The van der Waals surface area contributed by atoms with Gasteiger partial charge in [-0.25, -0.2) is 9.36 Å². The number of benzene rings is 1. The summed E-state index contributed by atoms with van der Waals surface area (Å²) < 4.78 is 2.94. The molecule has 0 bridgehead atoms. The number of hydrogen-bond donors (Lipinski definition) is 2. The topological polar surface area (TPSA) is 135 Å². The summed E-state index contributed by atoms with van der Waals surface area (Å²) in [7, 11) is 0. The summed E-state index contributed by atoms with van der Waals surface area (Å²) in [4.78, 5) is 41.5. The third kappa shape index (κ3) is 5.20. The minimum atomic E-state index is -0.836. The van der Waals surface area contributed by atoms with Crippen LogP contribution in [0.3, 0.4) is 0 Å². The van der Waals surface area contributed by atoms with E-state index in [0.717, 1.165) is 23.9 Å². The summed E-state index contributed by atoms with van der Waals surface area (Å²) in [6.45, 7) is 7.87. The van der Waals surface area contributed by atoms with Crippen LogP contribution in [0.25, 0.3) is 10.8 Å². The molecule has 11 nitrogen and oxygen atoms in total. The van der Waals surface area contributed by atoms with E-state index in [4.69, 9.17) is 0 Å². The maximum Gasteiger partial charge on any atom is 0.274 e. The molecule has 2 aliphatic rings. The van der Waals surface area contributed by atoms with Gasteiger partial charge in [0, 0.05) is 36.5 Å². The van der Waals surface area contributed by atoms with Gasteiger partial charge in [-0.2, -0.15) is 5.10 Å². The van der Waals surface area contributed by atoms with Crippen LogP contribution in [0, 0.1) is 5.41 Å². The zero-order valence-corrected chi connectivity index (χ0v) is 22.2. The molecule has 1 aliphatic heterocycles. The molecule has 1 aromatic carbocycles. The average Bonchev–Trinajstić information content (AvgIpc) is 3.46. The van der Waals surface area contributed by atoms with E-state index in [1.165, 1.54) is 9.58 Å². The Labute approximate surface area is 220 Å². The highest BCUT2D eigenvalue weighted by molar-refractivity contribution is 5.90. The second-order valence-electron chi connectivity index (χ2n) is 11.7. The smallest absolute Gasteiger partial charge is 0.274 e. The van der Waals surface area contributed by atoms with Gasteiger partial charge in [0.05, 0.1) is 29.9 Å². The molecular formula is C27H35N7O4. The number of nitrogens with one attached hydrogen (secondary N) is 1. The Hall–Kier alpha value is -3.60. The molecule has 2 fully saturated rings. The van der Waals surface area contributed by atoms with Crippen molar-refractivity contribution in [2.24, 2.45) is 5.41 Å². The second-order valence-corrected chi connectivity index (χ2v) is 11.7. The average molecular weight is 522 g/mol. The van der Waals surface area contributed by atoms with Crippen LogP contribution in [0.4, 0.5) is 0 Å². The van der Waals surface area contributed by atoms with Crippen molar-refractivity contribution in [3.05, 3.63) is 52.7 Å². The summed E-state index contributed by atoms with van der Waals surface area (Å²) in [5.74, 6) is -0.250. The highest BCUT2D eigenvalue weighted by Gasteiger charge is 2.45. The van der Waals surface area contributed by atoms with Crippen LogP contribution in [-0.2, 0) is 16.1 Å². The van der Waals surface area contributed by atoms with Crippen LogP contribution < -0.4 is 10.9 Å². The van der Waals surface area contributed by atoms with E-state index < -0.39 is 29.6 Å². The molecule has 2 aromatic heterocycles. The van der Waals surface area contributed by atoms with Crippen LogP contribution in [0.2, 0.25) is 0 Å². The molecule has 4 atom stereocenters. The quantitative estimate of drug-likeness (QED) is 0.482. The van der Waals surface area contributed by atoms with Crippen molar-refractivity contribution in [3.8, 4) is 0 Å². The van der Waals surface area contributed by atoms with Crippen molar-refractivity contribution >= 4 is 22.6 Å². The lowest BCUT2D eigenvalue weighted by Crippen LogP contribution is -2.52. The van der Waals surface area contributed by atoms with Gasteiger partial charge in [-0.3, -0.25) is 14.4 Å². The molecule has 38 heavy (non-hydrogen) atoms. The molecule has 0 radical (unpaired) electrons. The molecule has 0 spiro atoms. The predicted octanol–water partition coefficient (Wildman–Crippen LogP) is 1.62. The Balaban J connectivity index is 1.31. The molecule has 3 heterocycles. The van der Waals surface area contributed by atoms with Gasteiger partial charge in [0.25, 0.3) is 5.56 Å². The molecular weight excluding hydrogens is 486 g/mol. The van der Waals surface area contributed by atoms with Crippen LogP contribution >= 0.6 is 0 Å². The van der Waals surface area contributed by atoms with Gasteiger partial charge in [0.15, 0.2) is 0 Å². The number of β-amino-alcohol motifs (C(OH)–C–C–N with tert-alkyl or cyclic N) is 1. The van der Waals surface area contributed by atoms with E-state index >= 15 is 0 Å². The maximum absolute atomic E-state index is 13.9. The predicted molar refractivity (Wildman–Crippen MR) is 140 cm³/mol. The number of carbonyl (C=O) groups excluding carboxylic acids is 2. The number of hydrogen-bond acceptors (Lipinski definition) is 7. The third-order valence-electron chi connectivity index (χ3n) is 7.30. The Morgan fingerprint density at radius 1 is 1.21 bits per heavy atom. The fourth-order valence-corrected chi connectivity index (χ4v) is 5.23. The van der Waals surface area contributed by atoms with Gasteiger partial charge in [-0.05, 0) is 31.2 Å². The highest BCUT2D eigenvalue weighted by atomic mass is 16.3. The molecule has 5 rings (SSSR count). The number of aliphatic hydroxyl groups is 1. The first-order valence-electron chi connectivity index (χ1n) is 13.2. The van der Waals surface area contributed by atoms with E-state index in [0.29, 0.717) is 11.3 Å². The summed E-state index contributed by atoms with van der Waals surface area (Å²) in [5, 5.41) is 27.5. The van der Waals surface area contributed by atoms with E-state index in [1.807, 2.05) is 39.1 Å². The molecule has 2 amide bonds. The number of carbonyl (C=O) groups is 2. The number of likely N-dealkylation sites (tertiary alicyclic amines) is 1. The first kappa shape index (κ1) is 26.0. The van der Waals surface area contributed by atoms with E-state index in [-0.39, 0.29) is 36.9 Å². The van der Waals surface area contributed by atoms with Crippen LogP contribution in [0.15, 0.2) is 41.5 Å². The third-order valence-corrected chi connectivity index (χ3v) is 7.30. The van der Waals surface area contributed by atoms with Gasteiger partial charge in [-0.1, -0.05) is 44.2 Å². The standard InChI is InChI=1S/C27H35N7O4/c1-16(13-34-25(37)20-8-6-5-7-18(20)12-28-34)29-24(36)22-11-19(35)14-32(22)26(38)23(27(2,3)4)33-15-21(30-31-33)17-9-10-17/h5-8,12,15-17,19,22-23,35H,9-11,13-14H2,1-4H3,(H,29,36)/t16?,19?,22?,23-/m1/s1. The monoisotopic (exact) mass is 521 g/mol. The molecule has 1 saturated heterocycles. The van der Waals surface area contributed by atoms with Gasteiger partial charge >= 0.3 is 0 Å². The van der Waals surface area contributed by atoms with Crippen molar-refractivity contribution in [2.45, 2.75) is 83.6 Å². The van der Waals surface area contributed by atoms with Gasteiger partial charge < -0.3 is 15.3 Å². The summed E-state index contributed by atoms with van der Waals surface area (Å²) in [6, 6.07) is 5.27. The number of fused-ring (bicyclic) bond motifs is 1. The second kappa shape index (κ2) is 9.94. The minimum Gasteiger partial charge on any atom is -0.391 e. The van der Waals surface area contributed by atoms with E-state index in [2.05, 4.69) is 20.7 Å². The Morgan fingerprint density at radius 3 is 2.66 bits per heavy atom. The molecule has 2 N–H and O–H groups in total. The Kier molecular flexibility index (Phi) is 6.81. The van der Waals surface area contributed by atoms with Crippen LogP contribution in [0.1, 0.15) is 64.6 Å². The molecule has 1 aliphatic carbocycles. The van der Waals surface area contributed by atoms with Gasteiger partial charge in [0.2, 0.25) is 11.8 Å². The fraction of sp³-hybridized carbons (Fsp3) is 0.556. The molecule has 11 heteroatoms. The number of aliphatic hydroxyl groups excluding tert-OH is 1. The largest absolute Gasteiger partial charge is 0.391 e. The number of aromatic nitrogens is 5. The normalized spacial score (nSPS) is 21.4. The number of nitrogens with zero attached hydrogens (tertiary/aromatic N) is 6. The molecule has 202 valence electrons. The maximum atomic E-state index is 13.9. The van der Waals surface area contributed by atoms with Gasteiger partial charge in [0.1, 0.15) is 12.1 Å². The van der Waals surface area contributed by atoms with Crippen molar-refractivity contribution in [1.29, 1.82) is 0 Å². The number of rotatable bonds is 7. The van der Waals surface area contributed by atoms with Crippen molar-refractivity contribution < 1.29 is 14.7 Å². The van der Waals surface area contributed by atoms with E-state index in [1.54, 1.807) is 29.9 Å². The lowest BCUT2D eigenvalue weighted by atomic mass is 9.85. The lowest BCUT2D eigenvalue weighted by Gasteiger charge is -2.34. The first-order valence-corrected chi connectivity index (χ1v) is 13.2. The lowest BCUT2D eigenvalue weighted by molar-refractivity contribution is -0.144. The van der Waals surface area contributed by atoms with E-state index in [9.17, 15) is 19.5 Å². The van der Waals surface area contributed by atoms with Crippen molar-refractivity contribution in [2.75, 3.05) is 6.54 Å². The Bertz CT molecular complexity index is 1400. The highest BCUT2D eigenvalue weighted by Crippen LogP contribution is 2.40. The minimum absolute atomic E-state index is 0.0632. The summed E-state index contributed by atoms with van der Waals surface area (Å²) >= 11 is 0. The van der Waals surface area contributed by atoms with Crippen molar-refractivity contribution in [1.82, 2.24) is 35.0 Å². The van der Waals surface area contributed by atoms with Crippen molar-refractivity contribution in [3.63, 3.8) is 0 Å². The molecule has 1 saturated carbocycles. The van der Waals surface area contributed by atoms with Crippen LogP contribution in [0.5, 0.6) is 0 Å². The first-order chi connectivity index (χ1) is 18.0. The summed E-state index contributed by atoms with van der Waals surface area (Å²) in [5.41, 5.74) is 0.147. The SMILES string of the molecule is CC(Cn1ncc2ccccc2c1=O)NC(=O)C1CC(O)CN1C(=O)[C@@H](n1cc(C2CC2)nn1)C(C)(C)C. The van der Waals surface area contributed by atoms with Crippen LogP contribution in [-0.4, -0.2) is 71.3 Å². The molecule has 3 unspecified atom stereocenters. The Morgan fingerprint density at radius 2 is 1.95 bits per heavy atom. The fourth-order valence-electron chi connectivity index (χ4n) is 5.23. The number of amides is 2. The molecule has 3 aromatic rings. The zero-order chi connectivity index (χ0) is 27.2.